The molecular weight excluding hydrogens is 248 g/mol. The van der Waals surface area contributed by atoms with Crippen LogP contribution in [0, 0.1) is 17.2 Å². The van der Waals surface area contributed by atoms with Crippen LogP contribution < -0.4 is 5.32 Å². The van der Waals surface area contributed by atoms with Crippen LogP contribution in [-0.2, 0) is 0 Å². The molecular formula is C16H32N4. The summed E-state index contributed by atoms with van der Waals surface area (Å²) in [7, 11) is 4.31. The Balaban J connectivity index is 2.32. The van der Waals surface area contributed by atoms with Gasteiger partial charge in [-0.2, -0.15) is 5.26 Å². The second kappa shape index (κ2) is 7.97. The van der Waals surface area contributed by atoms with Crippen molar-refractivity contribution >= 4 is 0 Å². The molecule has 0 spiro atoms. The fourth-order valence-electron chi connectivity index (χ4n) is 3.09. The van der Waals surface area contributed by atoms with Gasteiger partial charge in [-0.25, -0.2) is 0 Å². The van der Waals surface area contributed by atoms with Crippen LogP contribution in [0.5, 0.6) is 0 Å². The van der Waals surface area contributed by atoms with Crippen LogP contribution >= 0.6 is 0 Å². The summed E-state index contributed by atoms with van der Waals surface area (Å²) in [5.41, 5.74) is -0.394. The van der Waals surface area contributed by atoms with Gasteiger partial charge in [0.05, 0.1) is 6.07 Å². The SMILES string of the molecule is CC(C)NC(C)(C#N)CCN1CCC(CN(C)C)CC1. The third kappa shape index (κ3) is 6.21. The third-order valence-corrected chi connectivity index (χ3v) is 4.11. The average molecular weight is 280 g/mol. The van der Waals surface area contributed by atoms with Crippen molar-refractivity contribution in [2.24, 2.45) is 5.92 Å². The standard InChI is InChI=1S/C16H32N4/c1-14(2)18-16(3,13-17)8-11-20-9-6-15(7-10-20)12-19(4)5/h14-15,18H,6-12H2,1-5H3. The van der Waals surface area contributed by atoms with E-state index < -0.39 is 5.54 Å². The summed E-state index contributed by atoms with van der Waals surface area (Å²) < 4.78 is 0. The molecule has 116 valence electrons. The van der Waals surface area contributed by atoms with E-state index in [1.807, 2.05) is 6.92 Å². The lowest BCUT2D eigenvalue weighted by atomic mass is 9.94. The summed E-state index contributed by atoms with van der Waals surface area (Å²) in [6.07, 6.45) is 3.48. The molecule has 0 aromatic rings. The minimum Gasteiger partial charge on any atom is -0.309 e. The van der Waals surface area contributed by atoms with Crippen molar-refractivity contribution in [1.82, 2.24) is 15.1 Å². The van der Waals surface area contributed by atoms with Crippen LogP contribution in [0.3, 0.4) is 0 Å². The second-order valence-corrected chi connectivity index (χ2v) is 7.04. The summed E-state index contributed by atoms with van der Waals surface area (Å²) in [5.74, 6) is 0.845. The molecule has 1 atom stereocenters. The molecule has 1 rings (SSSR count). The van der Waals surface area contributed by atoms with Gasteiger partial charge in [0, 0.05) is 19.1 Å². The van der Waals surface area contributed by atoms with E-state index in [1.165, 1.54) is 32.5 Å². The Morgan fingerprint density at radius 1 is 1.35 bits per heavy atom. The Morgan fingerprint density at radius 3 is 2.40 bits per heavy atom. The number of nitrogens with one attached hydrogen (secondary N) is 1. The first kappa shape index (κ1) is 17.4. The van der Waals surface area contributed by atoms with Gasteiger partial charge in [0.15, 0.2) is 0 Å². The zero-order chi connectivity index (χ0) is 15.2. The highest BCUT2D eigenvalue weighted by molar-refractivity contribution is 5.04. The summed E-state index contributed by atoms with van der Waals surface area (Å²) in [6, 6.07) is 2.79. The topological polar surface area (TPSA) is 42.3 Å². The number of nitrogens with zero attached hydrogens (tertiary/aromatic N) is 3. The number of hydrogen-bond acceptors (Lipinski definition) is 4. The van der Waals surface area contributed by atoms with Gasteiger partial charge in [0.1, 0.15) is 5.54 Å². The molecule has 0 aromatic carbocycles. The highest BCUT2D eigenvalue weighted by atomic mass is 15.1. The van der Waals surface area contributed by atoms with Crippen LogP contribution in [0.2, 0.25) is 0 Å². The molecule has 1 saturated heterocycles. The third-order valence-electron chi connectivity index (χ3n) is 4.11. The van der Waals surface area contributed by atoms with Gasteiger partial charge in [0.25, 0.3) is 0 Å². The molecule has 20 heavy (non-hydrogen) atoms. The molecule has 0 radical (unpaired) electrons. The molecule has 1 heterocycles. The molecule has 4 heteroatoms. The van der Waals surface area contributed by atoms with Crippen molar-refractivity contribution in [3.8, 4) is 6.07 Å². The van der Waals surface area contributed by atoms with Gasteiger partial charge in [-0.1, -0.05) is 0 Å². The van der Waals surface area contributed by atoms with Crippen molar-refractivity contribution in [2.45, 2.75) is 51.6 Å². The van der Waals surface area contributed by atoms with E-state index in [-0.39, 0.29) is 0 Å². The maximum Gasteiger partial charge on any atom is 0.105 e. The van der Waals surface area contributed by atoms with Gasteiger partial charge in [-0.05, 0) is 73.1 Å². The van der Waals surface area contributed by atoms with Crippen molar-refractivity contribution in [1.29, 1.82) is 5.26 Å². The number of rotatable bonds is 7. The fourth-order valence-corrected chi connectivity index (χ4v) is 3.09. The Morgan fingerprint density at radius 2 is 1.95 bits per heavy atom. The lowest BCUT2D eigenvalue weighted by Gasteiger charge is -2.35. The molecule has 1 unspecified atom stereocenters. The quantitative estimate of drug-likeness (QED) is 0.774. The minimum atomic E-state index is -0.394. The van der Waals surface area contributed by atoms with Crippen molar-refractivity contribution in [2.75, 3.05) is 40.3 Å². The monoisotopic (exact) mass is 280 g/mol. The number of likely N-dealkylation sites (tertiary alicyclic amines) is 1. The Kier molecular flexibility index (Phi) is 6.94. The Bertz CT molecular complexity index is 313. The normalized spacial score (nSPS) is 21.1. The van der Waals surface area contributed by atoms with Crippen LogP contribution in [0.15, 0.2) is 0 Å². The van der Waals surface area contributed by atoms with Crippen LogP contribution in [0.25, 0.3) is 0 Å². The summed E-state index contributed by atoms with van der Waals surface area (Å²) in [4.78, 5) is 4.81. The second-order valence-electron chi connectivity index (χ2n) is 7.04. The Labute approximate surface area is 125 Å². The molecule has 1 aliphatic rings. The average Bonchev–Trinajstić information content (AvgIpc) is 2.36. The van der Waals surface area contributed by atoms with Gasteiger partial charge < -0.3 is 9.80 Å². The number of piperidine rings is 1. The van der Waals surface area contributed by atoms with E-state index in [4.69, 9.17) is 0 Å². The van der Waals surface area contributed by atoms with Crippen LogP contribution in [-0.4, -0.2) is 61.7 Å². The van der Waals surface area contributed by atoms with Crippen molar-refractivity contribution < 1.29 is 0 Å². The smallest absolute Gasteiger partial charge is 0.105 e. The summed E-state index contributed by atoms with van der Waals surface area (Å²) >= 11 is 0. The molecule has 0 amide bonds. The van der Waals surface area contributed by atoms with Gasteiger partial charge in [-0.15, -0.1) is 0 Å². The molecule has 0 bridgehead atoms. The molecule has 4 nitrogen and oxygen atoms in total. The minimum absolute atomic E-state index is 0.352. The molecule has 1 fully saturated rings. The molecule has 0 saturated carbocycles. The lowest BCUT2D eigenvalue weighted by Crippen LogP contribution is -2.48. The summed E-state index contributed by atoms with van der Waals surface area (Å²) in [5, 5.41) is 12.8. The first-order chi connectivity index (χ1) is 9.34. The van der Waals surface area contributed by atoms with E-state index >= 15 is 0 Å². The van der Waals surface area contributed by atoms with Crippen LogP contribution in [0.4, 0.5) is 0 Å². The molecule has 0 aromatic heterocycles. The highest BCUT2D eigenvalue weighted by Gasteiger charge is 2.26. The molecule has 1 N–H and O–H groups in total. The van der Waals surface area contributed by atoms with E-state index in [1.54, 1.807) is 0 Å². The fraction of sp³-hybridized carbons (Fsp3) is 0.938. The zero-order valence-electron chi connectivity index (χ0n) is 13.9. The van der Waals surface area contributed by atoms with Gasteiger partial charge in [-0.3, -0.25) is 5.32 Å². The summed E-state index contributed by atoms with van der Waals surface area (Å²) in [6.45, 7) is 10.8. The maximum atomic E-state index is 9.37. The van der Waals surface area contributed by atoms with E-state index in [0.29, 0.717) is 6.04 Å². The molecule has 1 aliphatic heterocycles. The maximum absolute atomic E-state index is 9.37. The predicted molar refractivity (Wildman–Crippen MR) is 84.6 cm³/mol. The number of nitriles is 1. The number of hydrogen-bond donors (Lipinski definition) is 1. The first-order valence-corrected chi connectivity index (χ1v) is 7.90. The van der Waals surface area contributed by atoms with Crippen molar-refractivity contribution in [3.63, 3.8) is 0 Å². The van der Waals surface area contributed by atoms with E-state index in [9.17, 15) is 5.26 Å². The molecule has 0 aliphatic carbocycles. The zero-order valence-corrected chi connectivity index (χ0v) is 13.9. The Hall–Kier alpha value is -0.630. The van der Waals surface area contributed by atoms with Gasteiger partial charge >= 0.3 is 0 Å². The largest absolute Gasteiger partial charge is 0.309 e. The highest BCUT2D eigenvalue weighted by Crippen LogP contribution is 2.19. The van der Waals surface area contributed by atoms with Crippen LogP contribution in [0.1, 0.15) is 40.0 Å². The van der Waals surface area contributed by atoms with E-state index in [0.717, 1.165) is 18.9 Å². The van der Waals surface area contributed by atoms with Crippen molar-refractivity contribution in [3.05, 3.63) is 0 Å². The van der Waals surface area contributed by atoms with Gasteiger partial charge in [0.2, 0.25) is 0 Å². The lowest BCUT2D eigenvalue weighted by molar-refractivity contribution is 0.152. The predicted octanol–water partition coefficient (Wildman–Crippen LogP) is 1.93. The van der Waals surface area contributed by atoms with E-state index in [2.05, 4.69) is 49.1 Å². The first-order valence-electron chi connectivity index (χ1n) is 7.90.